The van der Waals surface area contributed by atoms with Crippen molar-refractivity contribution in [1.82, 2.24) is 0 Å². The summed E-state index contributed by atoms with van der Waals surface area (Å²) in [4.78, 5) is 2.57. The molecule has 0 saturated carbocycles. The fraction of sp³-hybridized carbons (Fsp3) is 1.00. The first-order valence-corrected chi connectivity index (χ1v) is 4.07. The second kappa shape index (κ2) is 6.74. The van der Waals surface area contributed by atoms with Crippen LogP contribution in [0.4, 0.5) is 0 Å². The number of azide groups is 1. The molecule has 0 aliphatic heterocycles. The van der Waals surface area contributed by atoms with Gasteiger partial charge in [-0.05, 0) is 12.5 Å². The van der Waals surface area contributed by atoms with Gasteiger partial charge in [0.15, 0.2) is 0 Å². The second-order valence-electron chi connectivity index (χ2n) is 2.82. The molecule has 0 aromatic rings. The lowest BCUT2D eigenvalue weighted by atomic mass is 10.00. The van der Waals surface area contributed by atoms with Crippen LogP contribution in [0.3, 0.4) is 0 Å². The molecule has 0 aromatic heterocycles. The number of nitrogens with zero attached hydrogens (tertiary/aromatic N) is 3. The Balaban J connectivity index is 3.85. The molecule has 2 N–H and O–H groups in total. The Morgan fingerprint density at radius 3 is 2.69 bits per heavy atom. The molecule has 0 radical (unpaired) electrons. The van der Waals surface area contributed by atoms with E-state index in [2.05, 4.69) is 10.0 Å². The summed E-state index contributed by atoms with van der Waals surface area (Å²) in [6.07, 6.45) is -1.36. The fourth-order valence-electron chi connectivity index (χ4n) is 0.802. The fourth-order valence-corrected chi connectivity index (χ4v) is 0.802. The monoisotopic (exact) mass is 187 g/mol. The standard InChI is InChI=1S/C6H14BN3O3/c1-4(12)5(3-11)13-6(7)2-9-10-8/h4-6,11-12H,2-3,7H2,1H3/t4-,5+,6+/m0/s1. The SMILES string of the molecule is B[C@@H](CN=[N+]=[N-])O[C@H](CO)[C@H](C)O. The average molecular weight is 187 g/mol. The Labute approximate surface area is 77.6 Å². The Kier molecular flexibility index (Phi) is 6.35. The van der Waals surface area contributed by atoms with Crippen LogP contribution >= 0.6 is 0 Å². The summed E-state index contributed by atoms with van der Waals surface area (Å²) in [6, 6.07) is -0.303. The third kappa shape index (κ3) is 5.49. The predicted octanol–water partition coefficient (Wildman–Crippen LogP) is -0.986. The highest BCUT2D eigenvalue weighted by Crippen LogP contribution is 2.01. The van der Waals surface area contributed by atoms with E-state index in [1.54, 1.807) is 7.85 Å². The minimum Gasteiger partial charge on any atom is -0.394 e. The van der Waals surface area contributed by atoms with E-state index in [9.17, 15) is 0 Å². The number of aliphatic hydroxyl groups excluding tert-OH is 2. The predicted molar refractivity (Wildman–Crippen MR) is 50.0 cm³/mol. The van der Waals surface area contributed by atoms with Crippen molar-refractivity contribution in [3.8, 4) is 0 Å². The number of aliphatic hydroxyl groups is 2. The van der Waals surface area contributed by atoms with Crippen LogP contribution in [0.5, 0.6) is 0 Å². The summed E-state index contributed by atoms with van der Waals surface area (Å²) in [7, 11) is 1.71. The Bertz CT molecular complexity index is 184. The number of hydrogen-bond donors (Lipinski definition) is 2. The maximum Gasteiger partial charge on any atom is 0.139 e. The van der Waals surface area contributed by atoms with Crippen LogP contribution in [0, 0.1) is 0 Å². The molecule has 0 spiro atoms. The van der Waals surface area contributed by atoms with Gasteiger partial charge in [0, 0.05) is 17.5 Å². The molecule has 0 aliphatic carbocycles. The summed E-state index contributed by atoms with van der Waals surface area (Å²) in [5, 5.41) is 21.2. The van der Waals surface area contributed by atoms with Crippen molar-refractivity contribution in [3.63, 3.8) is 0 Å². The number of hydrogen-bond acceptors (Lipinski definition) is 4. The highest BCUT2D eigenvalue weighted by Gasteiger charge is 2.16. The zero-order valence-corrected chi connectivity index (χ0v) is 7.79. The van der Waals surface area contributed by atoms with Crippen LogP contribution in [0.25, 0.3) is 10.4 Å². The molecule has 0 fully saturated rings. The van der Waals surface area contributed by atoms with E-state index in [1.807, 2.05) is 0 Å². The highest BCUT2D eigenvalue weighted by molar-refractivity contribution is 6.11. The molecule has 0 amide bonds. The zero-order valence-electron chi connectivity index (χ0n) is 7.79. The van der Waals surface area contributed by atoms with Crippen molar-refractivity contribution in [3.05, 3.63) is 10.4 Å². The van der Waals surface area contributed by atoms with Crippen molar-refractivity contribution in [1.29, 1.82) is 0 Å². The molecular formula is C6H14BN3O3. The molecule has 74 valence electrons. The summed E-state index contributed by atoms with van der Waals surface area (Å²) in [5.41, 5.74) is 8.02. The third-order valence-electron chi connectivity index (χ3n) is 1.53. The lowest BCUT2D eigenvalue weighted by molar-refractivity contribution is -0.0659. The first-order chi connectivity index (χ1) is 6.11. The van der Waals surface area contributed by atoms with Crippen molar-refractivity contribution >= 4 is 7.85 Å². The molecule has 0 unspecified atom stereocenters. The number of ether oxygens (including phenoxy) is 1. The average Bonchev–Trinajstić information content (AvgIpc) is 2.10. The van der Waals surface area contributed by atoms with Crippen LogP contribution < -0.4 is 0 Å². The Morgan fingerprint density at radius 2 is 2.31 bits per heavy atom. The Morgan fingerprint density at radius 1 is 1.69 bits per heavy atom. The van der Waals surface area contributed by atoms with Crippen molar-refractivity contribution in [2.45, 2.75) is 25.1 Å². The van der Waals surface area contributed by atoms with Crippen LogP contribution in [-0.4, -0.2) is 49.4 Å². The quantitative estimate of drug-likeness (QED) is 0.242. The van der Waals surface area contributed by atoms with Crippen LogP contribution in [0.2, 0.25) is 0 Å². The first-order valence-electron chi connectivity index (χ1n) is 4.07. The van der Waals surface area contributed by atoms with Crippen molar-refractivity contribution < 1.29 is 14.9 Å². The minimum atomic E-state index is -0.737. The Hall–Kier alpha value is -0.745. The lowest BCUT2D eigenvalue weighted by Gasteiger charge is -2.21. The van der Waals surface area contributed by atoms with E-state index in [0.717, 1.165) is 0 Å². The summed E-state index contributed by atoms with van der Waals surface area (Å²) < 4.78 is 5.20. The van der Waals surface area contributed by atoms with Gasteiger partial charge in [0.2, 0.25) is 0 Å². The minimum absolute atomic E-state index is 0.194. The van der Waals surface area contributed by atoms with Crippen LogP contribution in [0.15, 0.2) is 5.11 Å². The van der Waals surface area contributed by atoms with Gasteiger partial charge in [0.1, 0.15) is 14.0 Å². The molecule has 0 bridgehead atoms. The van der Waals surface area contributed by atoms with Gasteiger partial charge in [-0.15, -0.1) is 0 Å². The van der Waals surface area contributed by atoms with Gasteiger partial charge in [-0.3, -0.25) is 0 Å². The molecule has 6 nitrogen and oxygen atoms in total. The second-order valence-corrected chi connectivity index (χ2v) is 2.82. The molecule has 3 atom stereocenters. The first kappa shape index (κ1) is 12.3. The van der Waals surface area contributed by atoms with Crippen molar-refractivity contribution in [2.24, 2.45) is 5.11 Å². The molecule has 0 aromatic carbocycles. The van der Waals surface area contributed by atoms with E-state index < -0.39 is 12.2 Å². The maximum absolute atomic E-state index is 9.10. The van der Waals surface area contributed by atoms with Crippen LogP contribution in [-0.2, 0) is 4.74 Å². The van der Waals surface area contributed by atoms with Crippen molar-refractivity contribution in [2.75, 3.05) is 13.2 Å². The molecular weight excluding hydrogens is 173 g/mol. The van der Waals surface area contributed by atoms with E-state index in [1.165, 1.54) is 6.92 Å². The van der Waals surface area contributed by atoms with Gasteiger partial charge in [-0.1, -0.05) is 5.11 Å². The van der Waals surface area contributed by atoms with Gasteiger partial charge in [0.05, 0.1) is 12.7 Å². The van der Waals surface area contributed by atoms with Gasteiger partial charge < -0.3 is 14.9 Å². The summed E-state index contributed by atoms with van der Waals surface area (Å²) in [5.74, 6) is 0. The summed E-state index contributed by atoms with van der Waals surface area (Å²) in [6.45, 7) is 1.47. The van der Waals surface area contributed by atoms with E-state index in [0.29, 0.717) is 0 Å². The molecule has 13 heavy (non-hydrogen) atoms. The van der Waals surface area contributed by atoms with Gasteiger partial charge in [-0.25, -0.2) is 0 Å². The molecule has 0 aliphatic rings. The maximum atomic E-state index is 9.10. The molecule has 0 saturated heterocycles. The van der Waals surface area contributed by atoms with Gasteiger partial charge in [0.25, 0.3) is 0 Å². The van der Waals surface area contributed by atoms with E-state index in [4.69, 9.17) is 20.5 Å². The summed E-state index contributed by atoms with van der Waals surface area (Å²) >= 11 is 0. The molecule has 7 heteroatoms. The third-order valence-corrected chi connectivity index (χ3v) is 1.53. The van der Waals surface area contributed by atoms with E-state index >= 15 is 0 Å². The molecule has 0 heterocycles. The van der Waals surface area contributed by atoms with Gasteiger partial charge >= 0.3 is 0 Å². The molecule has 0 rings (SSSR count). The highest BCUT2D eigenvalue weighted by atomic mass is 16.5. The lowest BCUT2D eigenvalue weighted by Crippen LogP contribution is -2.35. The topological polar surface area (TPSA) is 98.5 Å². The normalized spacial score (nSPS) is 17.2. The largest absolute Gasteiger partial charge is 0.394 e. The van der Waals surface area contributed by atoms with Crippen LogP contribution in [0.1, 0.15) is 6.92 Å². The zero-order chi connectivity index (χ0) is 10.3. The van der Waals surface area contributed by atoms with Gasteiger partial charge in [-0.2, -0.15) is 0 Å². The number of rotatable bonds is 6. The van der Waals surface area contributed by atoms with E-state index in [-0.39, 0.29) is 19.2 Å². The smallest absolute Gasteiger partial charge is 0.139 e.